The van der Waals surface area contributed by atoms with Crippen LogP contribution in [0.25, 0.3) is 11.4 Å². The normalized spacial score (nSPS) is 13.2. The van der Waals surface area contributed by atoms with Crippen molar-refractivity contribution >= 4 is 11.5 Å². The van der Waals surface area contributed by atoms with Gasteiger partial charge in [0.25, 0.3) is 5.69 Å². The van der Waals surface area contributed by atoms with Crippen LogP contribution in [0.15, 0.2) is 18.2 Å². The van der Waals surface area contributed by atoms with Crippen molar-refractivity contribution < 1.29 is 4.92 Å². The number of nitrogens with zero attached hydrogens (tertiary/aromatic N) is 3. The van der Waals surface area contributed by atoms with E-state index in [0.717, 1.165) is 36.1 Å². The van der Waals surface area contributed by atoms with Crippen LogP contribution >= 0.6 is 0 Å². The number of nitro groups is 1. The molecule has 0 saturated carbocycles. The third-order valence-corrected chi connectivity index (χ3v) is 3.64. The monoisotopic (exact) mass is 270 g/mol. The van der Waals surface area contributed by atoms with Crippen LogP contribution in [0.4, 0.5) is 11.5 Å². The lowest BCUT2D eigenvalue weighted by molar-refractivity contribution is -0.384. The van der Waals surface area contributed by atoms with E-state index in [0.29, 0.717) is 17.2 Å². The number of benzene rings is 1. The summed E-state index contributed by atoms with van der Waals surface area (Å²) in [5, 5.41) is 10.9. The van der Waals surface area contributed by atoms with Crippen molar-refractivity contribution in [2.75, 3.05) is 5.73 Å². The Labute approximate surface area is 115 Å². The van der Waals surface area contributed by atoms with Crippen LogP contribution in [-0.4, -0.2) is 14.9 Å². The average Bonchev–Trinajstić information content (AvgIpc) is 2.87. The number of nitrogen functional groups attached to an aromatic ring is 1. The number of nitrogens with two attached hydrogens (primary N) is 1. The fourth-order valence-corrected chi connectivity index (χ4v) is 2.55. The summed E-state index contributed by atoms with van der Waals surface area (Å²) in [7, 11) is 0. The second-order valence-electron chi connectivity index (χ2n) is 4.97. The molecule has 102 valence electrons. The molecule has 1 aliphatic carbocycles. The molecule has 0 radical (unpaired) electrons. The van der Waals surface area contributed by atoms with Gasteiger partial charge in [0.1, 0.15) is 5.82 Å². The van der Waals surface area contributed by atoms with Crippen LogP contribution < -0.4 is 5.73 Å². The molecule has 6 nitrogen and oxygen atoms in total. The van der Waals surface area contributed by atoms with E-state index in [-0.39, 0.29) is 5.69 Å². The first-order chi connectivity index (χ1) is 9.56. The summed E-state index contributed by atoms with van der Waals surface area (Å²) in [4.78, 5) is 19.3. The highest BCUT2D eigenvalue weighted by Gasteiger charge is 2.20. The fraction of sp³-hybridized carbons (Fsp3) is 0.286. The lowest BCUT2D eigenvalue weighted by atomic mass is 10.1. The van der Waals surface area contributed by atoms with Crippen LogP contribution in [-0.2, 0) is 12.8 Å². The number of aryl methyl sites for hydroxylation is 2. The van der Waals surface area contributed by atoms with Gasteiger partial charge in [-0.25, -0.2) is 9.97 Å². The quantitative estimate of drug-likeness (QED) is 0.668. The molecule has 0 fully saturated rings. The fourth-order valence-electron chi connectivity index (χ4n) is 2.55. The molecule has 1 aliphatic rings. The second-order valence-corrected chi connectivity index (χ2v) is 4.97. The van der Waals surface area contributed by atoms with Crippen molar-refractivity contribution in [1.82, 2.24) is 9.97 Å². The Morgan fingerprint density at radius 3 is 2.85 bits per heavy atom. The number of non-ortho nitro benzene ring substituents is 1. The second kappa shape index (κ2) is 4.56. The molecule has 0 unspecified atom stereocenters. The molecule has 3 rings (SSSR count). The molecule has 0 spiro atoms. The van der Waals surface area contributed by atoms with Crippen molar-refractivity contribution in [3.8, 4) is 11.4 Å². The smallest absolute Gasteiger partial charge is 0.270 e. The minimum absolute atomic E-state index is 0.0354. The molecule has 1 heterocycles. The largest absolute Gasteiger partial charge is 0.383 e. The van der Waals surface area contributed by atoms with Gasteiger partial charge in [0.2, 0.25) is 0 Å². The highest BCUT2D eigenvalue weighted by atomic mass is 16.6. The molecule has 0 amide bonds. The number of hydrogen-bond donors (Lipinski definition) is 1. The van der Waals surface area contributed by atoms with Crippen LogP contribution in [0.3, 0.4) is 0 Å². The zero-order chi connectivity index (χ0) is 14.3. The van der Waals surface area contributed by atoms with Crippen molar-refractivity contribution in [2.24, 2.45) is 0 Å². The number of nitro benzene ring substituents is 1. The number of hydrogen-bond acceptors (Lipinski definition) is 5. The summed E-state index contributed by atoms with van der Waals surface area (Å²) in [5.41, 5.74) is 9.57. The predicted octanol–water partition coefficient (Wildman–Crippen LogP) is 2.43. The molecule has 1 aromatic carbocycles. The zero-order valence-corrected chi connectivity index (χ0v) is 11.1. The molecule has 6 heteroatoms. The van der Waals surface area contributed by atoms with Crippen LogP contribution in [0, 0.1) is 17.0 Å². The average molecular weight is 270 g/mol. The highest BCUT2D eigenvalue weighted by molar-refractivity contribution is 5.66. The minimum Gasteiger partial charge on any atom is -0.383 e. The van der Waals surface area contributed by atoms with Gasteiger partial charge in [0.15, 0.2) is 5.82 Å². The maximum absolute atomic E-state index is 10.9. The number of rotatable bonds is 2. The summed E-state index contributed by atoms with van der Waals surface area (Å²) >= 11 is 0. The highest BCUT2D eigenvalue weighted by Crippen LogP contribution is 2.30. The van der Waals surface area contributed by atoms with E-state index in [9.17, 15) is 10.1 Å². The topological polar surface area (TPSA) is 94.9 Å². The van der Waals surface area contributed by atoms with Gasteiger partial charge in [-0.05, 0) is 31.7 Å². The molecule has 2 aromatic rings. The first-order valence-corrected chi connectivity index (χ1v) is 6.47. The van der Waals surface area contributed by atoms with E-state index in [1.54, 1.807) is 6.07 Å². The van der Waals surface area contributed by atoms with Gasteiger partial charge in [-0.15, -0.1) is 0 Å². The van der Waals surface area contributed by atoms with Gasteiger partial charge in [-0.1, -0.05) is 6.07 Å². The molecular weight excluding hydrogens is 256 g/mol. The predicted molar refractivity (Wildman–Crippen MR) is 75.3 cm³/mol. The molecular formula is C14H14N4O2. The number of anilines is 1. The Balaban J connectivity index is 2.16. The van der Waals surface area contributed by atoms with Crippen molar-refractivity contribution in [3.05, 3.63) is 45.1 Å². The minimum atomic E-state index is -0.417. The summed E-state index contributed by atoms with van der Waals surface area (Å²) < 4.78 is 0. The molecule has 0 atom stereocenters. The summed E-state index contributed by atoms with van der Waals surface area (Å²) in [6, 6.07) is 4.70. The van der Waals surface area contributed by atoms with E-state index in [4.69, 9.17) is 5.73 Å². The maximum Gasteiger partial charge on any atom is 0.270 e. The summed E-state index contributed by atoms with van der Waals surface area (Å²) in [6.07, 6.45) is 2.84. The molecule has 0 saturated heterocycles. The van der Waals surface area contributed by atoms with Gasteiger partial charge < -0.3 is 5.73 Å². The molecule has 2 N–H and O–H groups in total. The van der Waals surface area contributed by atoms with Crippen molar-refractivity contribution in [2.45, 2.75) is 26.2 Å². The SMILES string of the molecule is Cc1ccc([N+](=O)[O-])cc1-c1nc(N)c2c(n1)CCC2. The van der Waals surface area contributed by atoms with E-state index in [2.05, 4.69) is 9.97 Å². The van der Waals surface area contributed by atoms with E-state index in [1.807, 2.05) is 6.92 Å². The third kappa shape index (κ3) is 1.99. The summed E-state index contributed by atoms with van der Waals surface area (Å²) in [6.45, 7) is 1.88. The summed E-state index contributed by atoms with van der Waals surface area (Å²) in [5.74, 6) is 0.970. The lowest BCUT2D eigenvalue weighted by Gasteiger charge is -2.08. The number of aromatic nitrogens is 2. The van der Waals surface area contributed by atoms with Crippen LogP contribution in [0.2, 0.25) is 0 Å². The Kier molecular flexibility index (Phi) is 2.85. The standard InChI is InChI=1S/C14H14N4O2/c1-8-5-6-9(18(19)20)7-11(8)14-16-12-4-2-3-10(12)13(15)17-14/h5-7H,2-4H2,1H3,(H2,15,16,17). The third-order valence-electron chi connectivity index (χ3n) is 3.64. The van der Waals surface area contributed by atoms with Crippen molar-refractivity contribution in [3.63, 3.8) is 0 Å². The first-order valence-electron chi connectivity index (χ1n) is 6.47. The zero-order valence-electron chi connectivity index (χ0n) is 11.1. The van der Waals surface area contributed by atoms with Crippen LogP contribution in [0.5, 0.6) is 0 Å². The molecule has 0 aliphatic heterocycles. The van der Waals surface area contributed by atoms with E-state index < -0.39 is 4.92 Å². The van der Waals surface area contributed by atoms with Gasteiger partial charge in [-0.3, -0.25) is 10.1 Å². The van der Waals surface area contributed by atoms with Gasteiger partial charge in [0.05, 0.1) is 4.92 Å². The number of fused-ring (bicyclic) bond motifs is 1. The Morgan fingerprint density at radius 1 is 1.30 bits per heavy atom. The van der Waals surface area contributed by atoms with E-state index in [1.165, 1.54) is 12.1 Å². The maximum atomic E-state index is 10.9. The van der Waals surface area contributed by atoms with Gasteiger partial charge >= 0.3 is 0 Å². The van der Waals surface area contributed by atoms with Crippen LogP contribution in [0.1, 0.15) is 23.2 Å². The van der Waals surface area contributed by atoms with Crippen molar-refractivity contribution in [1.29, 1.82) is 0 Å². The first kappa shape index (κ1) is 12.5. The Morgan fingerprint density at radius 2 is 2.10 bits per heavy atom. The molecule has 1 aromatic heterocycles. The molecule has 0 bridgehead atoms. The van der Waals surface area contributed by atoms with E-state index >= 15 is 0 Å². The molecule has 20 heavy (non-hydrogen) atoms. The Hall–Kier alpha value is -2.50. The van der Waals surface area contributed by atoms with Gasteiger partial charge in [-0.2, -0.15) is 0 Å². The van der Waals surface area contributed by atoms with Gasteiger partial charge in [0, 0.05) is 29.0 Å². The Bertz CT molecular complexity index is 713. The lowest BCUT2D eigenvalue weighted by Crippen LogP contribution is -2.03.